The van der Waals surface area contributed by atoms with Crippen LogP contribution in [0.2, 0.25) is 0 Å². The summed E-state index contributed by atoms with van der Waals surface area (Å²) in [7, 11) is 1.72. The molecular weight excluding hydrogens is 366 g/mol. The highest BCUT2D eigenvalue weighted by atomic mass is 79.9. The van der Waals surface area contributed by atoms with E-state index in [9.17, 15) is 9.59 Å². The van der Waals surface area contributed by atoms with Crippen molar-refractivity contribution in [3.05, 3.63) is 45.7 Å². The Bertz CT molecular complexity index is 866. The molecule has 0 spiro atoms. The Kier molecular flexibility index (Phi) is 4.08. The van der Waals surface area contributed by atoms with Gasteiger partial charge in [-0.25, -0.2) is 4.79 Å². The van der Waals surface area contributed by atoms with Crippen molar-refractivity contribution >= 4 is 27.8 Å². The third-order valence-electron chi connectivity index (χ3n) is 3.57. The van der Waals surface area contributed by atoms with Crippen molar-refractivity contribution in [2.75, 3.05) is 6.61 Å². The van der Waals surface area contributed by atoms with Crippen LogP contribution in [0.15, 0.2) is 34.0 Å². The number of carbonyl (C=O) groups is 2. The van der Waals surface area contributed by atoms with Gasteiger partial charge in [-0.2, -0.15) is 0 Å². The molecule has 0 fully saturated rings. The average Bonchev–Trinajstić information content (AvgIpc) is 2.81. The molecule has 1 N–H and O–H groups in total. The van der Waals surface area contributed by atoms with Gasteiger partial charge in [0, 0.05) is 25.9 Å². The first kappa shape index (κ1) is 15.5. The molecule has 1 aromatic carbocycles. The predicted octanol–water partition coefficient (Wildman–Crippen LogP) is 2.18. The molecule has 0 saturated carbocycles. The largest absolute Gasteiger partial charge is 0.491 e. The lowest BCUT2D eigenvalue weighted by Gasteiger charge is -2.19. The molecule has 23 heavy (non-hydrogen) atoms. The number of ketones is 1. The lowest BCUT2D eigenvalue weighted by molar-refractivity contribution is 0.0932. The zero-order valence-corrected chi connectivity index (χ0v) is 13.9. The van der Waals surface area contributed by atoms with Crippen LogP contribution in [0.25, 0.3) is 0 Å². The van der Waals surface area contributed by atoms with Crippen LogP contribution in [0.4, 0.5) is 4.79 Å². The van der Waals surface area contributed by atoms with E-state index in [2.05, 4.69) is 20.9 Å². The first-order chi connectivity index (χ1) is 11.0. The van der Waals surface area contributed by atoms with E-state index in [-0.39, 0.29) is 5.78 Å². The number of rotatable bonds is 2. The zero-order chi connectivity index (χ0) is 16.6. The van der Waals surface area contributed by atoms with E-state index in [1.165, 1.54) is 0 Å². The second kappa shape index (κ2) is 6.04. The van der Waals surface area contributed by atoms with Gasteiger partial charge in [-0.15, -0.1) is 4.99 Å². The number of nitrogens with zero attached hydrogens (tertiary/aromatic N) is 3. The number of imidazole rings is 1. The number of benzene rings is 1. The second-order valence-electron chi connectivity index (χ2n) is 5.21. The molecule has 3 rings (SSSR count). The fraction of sp³-hybridized carbons (Fsp3) is 0.267. The van der Waals surface area contributed by atoms with Gasteiger partial charge in [0.25, 0.3) is 0 Å². The third-order valence-corrected chi connectivity index (χ3v) is 4.16. The van der Waals surface area contributed by atoms with Crippen LogP contribution >= 0.6 is 15.9 Å². The lowest BCUT2D eigenvalue weighted by Crippen LogP contribution is -2.26. The molecule has 120 valence electrons. The van der Waals surface area contributed by atoms with Crippen LogP contribution in [0.1, 0.15) is 22.3 Å². The van der Waals surface area contributed by atoms with Gasteiger partial charge in [0.05, 0.1) is 23.2 Å². The molecule has 1 aliphatic rings. The molecule has 8 heteroatoms. The molecule has 7 nitrogen and oxygen atoms in total. The number of carbonyl (C=O) groups excluding carboxylic acids is 1. The van der Waals surface area contributed by atoms with Crippen LogP contribution in [0.5, 0.6) is 5.75 Å². The second-order valence-corrected chi connectivity index (χ2v) is 6.06. The molecule has 0 unspecified atom stereocenters. The standard InChI is InChI=1S/C15H14BrN3O4/c1-18-3-4-19(14(18)17-15(21)22)8-9-6-10-12(20)2-5-23-13(10)11(16)7-9/h3-4,6-7H,2,5,8H2,1H3,(H,21,22). The Hall–Kier alpha value is -2.35. The van der Waals surface area contributed by atoms with Gasteiger partial charge in [-0.3, -0.25) is 4.79 Å². The van der Waals surface area contributed by atoms with Gasteiger partial charge in [0.15, 0.2) is 5.78 Å². The van der Waals surface area contributed by atoms with E-state index in [1.54, 1.807) is 34.6 Å². The molecule has 1 aromatic heterocycles. The van der Waals surface area contributed by atoms with Crippen molar-refractivity contribution in [3.63, 3.8) is 0 Å². The fourth-order valence-electron chi connectivity index (χ4n) is 2.54. The van der Waals surface area contributed by atoms with Crippen molar-refractivity contribution in [1.82, 2.24) is 9.13 Å². The molecule has 0 saturated heterocycles. The SMILES string of the molecule is Cn1ccn(Cc2cc(Br)c3c(c2)C(=O)CCO3)c1=NC(=O)O. The molecule has 2 aromatic rings. The quantitative estimate of drug-likeness (QED) is 0.866. The summed E-state index contributed by atoms with van der Waals surface area (Å²) in [6, 6.07) is 3.65. The van der Waals surface area contributed by atoms with Crippen molar-refractivity contribution in [3.8, 4) is 5.75 Å². The van der Waals surface area contributed by atoms with Crippen LogP contribution < -0.4 is 10.4 Å². The van der Waals surface area contributed by atoms with Crippen LogP contribution in [-0.4, -0.2) is 32.7 Å². The number of hydrogen-bond donors (Lipinski definition) is 1. The van der Waals surface area contributed by atoms with E-state index in [0.29, 0.717) is 41.0 Å². The summed E-state index contributed by atoms with van der Waals surface area (Å²) in [5.41, 5.74) is 1.72. The van der Waals surface area contributed by atoms with Crippen LogP contribution in [0, 0.1) is 0 Å². The van der Waals surface area contributed by atoms with Gasteiger partial charge in [0.2, 0.25) is 5.62 Å². The Labute approximate surface area is 140 Å². The molecule has 0 bridgehead atoms. The first-order valence-electron chi connectivity index (χ1n) is 6.93. The van der Waals surface area contributed by atoms with Crippen LogP contribution in [-0.2, 0) is 13.6 Å². The first-order valence-corrected chi connectivity index (χ1v) is 7.73. The van der Waals surface area contributed by atoms with Gasteiger partial charge in [-0.05, 0) is 33.6 Å². The number of aromatic nitrogens is 2. The minimum Gasteiger partial charge on any atom is -0.491 e. The molecule has 1 amide bonds. The summed E-state index contributed by atoms with van der Waals surface area (Å²) in [5, 5.41) is 8.88. The smallest absolute Gasteiger partial charge is 0.434 e. The maximum absolute atomic E-state index is 12.1. The molecular formula is C15H14BrN3O4. The summed E-state index contributed by atoms with van der Waals surface area (Å²) in [4.78, 5) is 26.5. The highest BCUT2D eigenvalue weighted by molar-refractivity contribution is 9.10. The number of ether oxygens (including phenoxy) is 1. The molecule has 0 radical (unpaired) electrons. The molecule has 2 heterocycles. The maximum atomic E-state index is 12.1. The summed E-state index contributed by atoms with van der Waals surface area (Å²) in [5.74, 6) is 0.612. The highest BCUT2D eigenvalue weighted by Crippen LogP contribution is 2.34. The number of aryl methyl sites for hydroxylation is 1. The number of Topliss-reactive ketones (excluding diaryl/α,β-unsaturated/α-hetero) is 1. The van der Waals surface area contributed by atoms with Crippen molar-refractivity contribution in [2.45, 2.75) is 13.0 Å². The van der Waals surface area contributed by atoms with Crippen molar-refractivity contribution < 1.29 is 19.4 Å². The maximum Gasteiger partial charge on any atom is 0.434 e. The average molecular weight is 380 g/mol. The number of hydrogen-bond acceptors (Lipinski definition) is 3. The summed E-state index contributed by atoms with van der Waals surface area (Å²) in [6.07, 6.45) is 2.58. The Morgan fingerprint density at radius 2 is 2.22 bits per heavy atom. The van der Waals surface area contributed by atoms with Gasteiger partial charge in [-0.1, -0.05) is 0 Å². The van der Waals surface area contributed by atoms with Crippen LogP contribution in [0.3, 0.4) is 0 Å². The van der Waals surface area contributed by atoms with E-state index in [0.717, 1.165) is 5.56 Å². The minimum atomic E-state index is -1.25. The summed E-state index contributed by atoms with van der Waals surface area (Å²) < 4.78 is 9.58. The third kappa shape index (κ3) is 3.07. The molecule has 0 atom stereocenters. The number of fused-ring (bicyclic) bond motifs is 1. The van der Waals surface area contributed by atoms with Gasteiger partial charge >= 0.3 is 6.09 Å². The monoisotopic (exact) mass is 379 g/mol. The molecule has 1 aliphatic heterocycles. The number of amides is 1. The minimum absolute atomic E-state index is 0.0438. The van der Waals surface area contributed by atoms with Gasteiger partial charge in [0.1, 0.15) is 5.75 Å². The van der Waals surface area contributed by atoms with Gasteiger partial charge < -0.3 is 19.0 Å². The molecule has 0 aliphatic carbocycles. The van der Waals surface area contributed by atoms with E-state index < -0.39 is 6.09 Å². The predicted molar refractivity (Wildman–Crippen MR) is 84.7 cm³/mol. The summed E-state index contributed by atoms with van der Waals surface area (Å²) in [6.45, 7) is 0.783. The summed E-state index contributed by atoms with van der Waals surface area (Å²) >= 11 is 3.43. The Morgan fingerprint density at radius 3 is 2.96 bits per heavy atom. The van der Waals surface area contributed by atoms with Crippen molar-refractivity contribution in [1.29, 1.82) is 0 Å². The Morgan fingerprint density at radius 1 is 1.43 bits per heavy atom. The zero-order valence-electron chi connectivity index (χ0n) is 12.3. The number of carboxylic acid groups (broad SMARTS) is 1. The highest BCUT2D eigenvalue weighted by Gasteiger charge is 2.21. The van der Waals surface area contributed by atoms with E-state index in [4.69, 9.17) is 9.84 Å². The van der Waals surface area contributed by atoms with E-state index in [1.807, 2.05) is 6.07 Å². The lowest BCUT2D eigenvalue weighted by atomic mass is 10.0. The Balaban J connectivity index is 2.02. The van der Waals surface area contributed by atoms with E-state index >= 15 is 0 Å². The van der Waals surface area contributed by atoms with Crippen molar-refractivity contribution in [2.24, 2.45) is 12.0 Å². The normalized spacial score (nSPS) is 14.5. The number of halogens is 1. The fourth-order valence-corrected chi connectivity index (χ4v) is 3.16. The topological polar surface area (TPSA) is 85.8 Å².